The Kier molecular flexibility index (Phi) is 9.82. The fraction of sp³-hybridized carbons (Fsp3) is 0.286. The van der Waals surface area contributed by atoms with Gasteiger partial charge >= 0.3 is 22.5 Å². The second-order valence-electron chi connectivity index (χ2n) is 4.45. The zero-order valence-electron chi connectivity index (χ0n) is 14.2. The van der Waals surface area contributed by atoms with E-state index in [9.17, 15) is 22.0 Å². The van der Waals surface area contributed by atoms with Crippen LogP contribution in [0.2, 0.25) is 0 Å². The van der Waals surface area contributed by atoms with E-state index in [2.05, 4.69) is 19.3 Å². The van der Waals surface area contributed by atoms with Crippen LogP contribution in [0.15, 0.2) is 39.6 Å². The monoisotopic (exact) mass is 419 g/mol. The second kappa shape index (κ2) is 11.9. The Balaban J connectivity index is 0.000000289. The van der Waals surface area contributed by atoms with E-state index in [1.165, 1.54) is 18.9 Å². The molecule has 0 aliphatic rings. The Morgan fingerprint density at radius 3 is 2.48 bits per heavy atom. The number of alkyl halides is 2. The number of carbonyl (C=O) groups excluding carboxylic acids is 1. The minimum absolute atomic E-state index is 0.00560. The van der Waals surface area contributed by atoms with Crippen LogP contribution in [0.3, 0.4) is 0 Å². The lowest BCUT2D eigenvalue weighted by atomic mass is 10.4. The Morgan fingerprint density at radius 2 is 1.93 bits per heavy atom. The lowest BCUT2D eigenvalue weighted by Gasteiger charge is -2.02. The maximum Gasteiger partial charge on any atom is 0.362 e. The van der Waals surface area contributed by atoms with Gasteiger partial charge in [-0.05, 0) is 19.1 Å². The van der Waals surface area contributed by atoms with Crippen molar-refractivity contribution in [1.29, 1.82) is 0 Å². The molecule has 0 fully saturated rings. The van der Waals surface area contributed by atoms with Gasteiger partial charge < -0.3 is 4.74 Å². The van der Waals surface area contributed by atoms with Crippen LogP contribution in [0.25, 0.3) is 0 Å². The molecule has 0 bridgehead atoms. The minimum atomic E-state index is -2.82. The third-order valence-electron chi connectivity index (χ3n) is 2.40. The Labute approximate surface area is 159 Å². The molecule has 0 aliphatic carbocycles. The summed E-state index contributed by atoms with van der Waals surface area (Å²) in [5.74, 6) is 0.0539. The highest BCUT2D eigenvalue weighted by Crippen LogP contribution is 2.18. The summed E-state index contributed by atoms with van der Waals surface area (Å²) in [5.41, 5.74) is 0. The van der Waals surface area contributed by atoms with E-state index in [1.807, 2.05) is 35.6 Å². The molecule has 0 spiro atoms. The third kappa shape index (κ3) is 10.2. The number of amides is 2. The summed E-state index contributed by atoms with van der Waals surface area (Å²) in [6.45, 7) is 1.56. The van der Waals surface area contributed by atoms with Gasteiger partial charge in [0.25, 0.3) is 0 Å². The Hall–Kier alpha value is -2.67. The van der Waals surface area contributed by atoms with Crippen LogP contribution in [0.5, 0.6) is 6.01 Å². The molecule has 0 radical (unpaired) electrons. The molecule has 1 aromatic carbocycles. The number of urea groups is 1. The molecule has 1 N–H and O–H groups in total. The number of aromatic nitrogens is 3. The number of hydrogen-bond acceptors (Lipinski definition) is 8. The van der Waals surface area contributed by atoms with Crippen molar-refractivity contribution < 1.29 is 26.7 Å². The average molecular weight is 419 g/mol. The number of benzene rings is 1. The second-order valence-corrected chi connectivity index (χ2v) is 6.16. The van der Waals surface area contributed by atoms with Gasteiger partial charge in [-0.1, -0.05) is 22.6 Å². The van der Waals surface area contributed by atoms with Gasteiger partial charge in [-0.3, -0.25) is 5.32 Å². The Bertz CT molecular complexity index is 874. The fourth-order valence-electron chi connectivity index (χ4n) is 1.47. The third-order valence-corrected chi connectivity index (χ3v) is 3.74. The van der Waals surface area contributed by atoms with Crippen molar-refractivity contribution >= 4 is 34.2 Å². The predicted octanol–water partition coefficient (Wildman–Crippen LogP) is 2.83. The van der Waals surface area contributed by atoms with Crippen LogP contribution < -0.4 is 10.1 Å². The van der Waals surface area contributed by atoms with E-state index in [-0.39, 0.29) is 17.7 Å². The van der Waals surface area contributed by atoms with Crippen molar-refractivity contribution in [3.05, 3.63) is 36.2 Å². The Morgan fingerprint density at radius 1 is 1.26 bits per heavy atom. The van der Waals surface area contributed by atoms with Crippen molar-refractivity contribution in [3.63, 3.8) is 0 Å². The molecule has 0 unspecified atom stereocenters. The van der Waals surface area contributed by atoms with Gasteiger partial charge in [0.2, 0.25) is 12.4 Å². The molecule has 0 saturated carbocycles. The largest absolute Gasteiger partial charge is 0.467 e. The number of methoxy groups -OCH3 is 1. The van der Waals surface area contributed by atoms with Crippen molar-refractivity contribution in [3.8, 4) is 6.01 Å². The van der Waals surface area contributed by atoms with Gasteiger partial charge in [0.05, 0.1) is 12.9 Å². The van der Waals surface area contributed by atoms with Crippen LogP contribution >= 0.6 is 11.8 Å². The average Bonchev–Trinajstić information content (AvgIpc) is 2.60. The van der Waals surface area contributed by atoms with Crippen molar-refractivity contribution in [2.75, 3.05) is 18.2 Å². The number of thioether (sulfide) groups is 1. The molecule has 27 heavy (non-hydrogen) atoms. The van der Waals surface area contributed by atoms with Gasteiger partial charge in [-0.25, -0.2) is 13.6 Å². The van der Waals surface area contributed by atoms with E-state index >= 15 is 0 Å². The number of ether oxygens (including phenoxy) is 1. The van der Waals surface area contributed by atoms with Crippen LogP contribution in [0.4, 0.5) is 19.5 Å². The molecule has 1 aromatic heterocycles. The summed E-state index contributed by atoms with van der Waals surface area (Å²) in [4.78, 5) is 23.0. The van der Waals surface area contributed by atoms with Gasteiger partial charge in [-0.15, -0.1) is 11.8 Å². The number of carbonyl (C=O) groups is 1. The summed E-state index contributed by atoms with van der Waals surface area (Å²) in [7, 11) is -1.48. The molecule has 1 heterocycles. The van der Waals surface area contributed by atoms with Gasteiger partial charge in [0, 0.05) is 4.90 Å². The summed E-state index contributed by atoms with van der Waals surface area (Å²) < 4.78 is 51.0. The predicted molar refractivity (Wildman–Crippen MR) is 94.7 cm³/mol. The number of halogens is 2. The molecule has 13 heteroatoms. The number of aryl methyl sites for hydroxylation is 1. The van der Waals surface area contributed by atoms with Crippen LogP contribution in [0, 0.1) is 6.92 Å². The van der Waals surface area contributed by atoms with Gasteiger partial charge in [0.15, 0.2) is 0 Å². The molecule has 0 atom stereocenters. The SMILES string of the molecule is COc1nc(C)nc(NC(=O)N=S(=O)=O)n1.FC(F)CSc1ccccc1. The fourth-order valence-corrected chi connectivity index (χ4v) is 2.32. The number of anilines is 1. The molecule has 9 nitrogen and oxygen atoms in total. The van der Waals surface area contributed by atoms with E-state index in [1.54, 1.807) is 6.92 Å². The number of rotatable bonds is 5. The first-order chi connectivity index (χ1) is 12.8. The molecule has 0 saturated heterocycles. The molecular formula is C14H15F2N5O4S2. The highest BCUT2D eigenvalue weighted by Gasteiger charge is 2.07. The standard InChI is InChI=1S/C8H8F2S.C6H7N5O4S/c9-8(10)6-11-7-4-2-1-3-5-7;1-3-7-4(10-6(8-3)15-2)9-5(12)11-16(13)14/h1-5,8H,6H2;1-2H3,(H,7,8,9,10,12). The van der Waals surface area contributed by atoms with Crippen molar-refractivity contribution in [2.24, 2.45) is 4.36 Å². The zero-order valence-corrected chi connectivity index (χ0v) is 15.8. The van der Waals surface area contributed by atoms with Crippen LogP contribution in [-0.4, -0.2) is 48.7 Å². The molecular weight excluding hydrogens is 404 g/mol. The highest BCUT2D eigenvalue weighted by molar-refractivity contribution is 7.99. The van der Waals surface area contributed by atoms with Crippen molar-refractivity contribution in [2.45, 2.75) is 18.2 Å². The first-order valence-electron chi connectivity index (χ1n) is 7.15. The summed E-state index contributed by atoms with van der Waals surface area (Å²) in [6.07, 6.45) is -2.22. The summed E-state index contributed by atoms with van der Waals surface area (Å²) >= 11 is 1.18. The van der Waals surface area contributed by atoms with E-state index < -0.39 is 23.0 Å². The maximum absolute atomic E-state index is 11.7. The number of hydrogen-bond donors (Lipinski definition) is 1. The van der Waals surface area contributed by atoms with Crippen LogP contribution in [-0.2, 0) is 10.5 Å². The molecule has 2 amide bonds. The van der Waals surface area contributed by atoms with E-state index in [0.29, 0.717) is 5.82 Å². The summed E-state index contributed by atoms with van der Waals surface area (Å²) in [6, 6.07) is 8.11. The molecule has 0 aliphatic heterocycles. The quantitative estimate of drug-likeness (QED) is 0.734. The minimum Gasteiger partial charge on any atom is -0.467 e. The number of nitrogens with zero attached hydrogens (tertiary/aromatic N) is 4. The molecule has 2 rings (SSSR count). The van der Waals surface area contributed by atoms with Crippen LogP contribution in [0.1, 0.15) is 5.82 Å². The molecule has 146 valence electrons. The maximum atomic E-state index is 11.7. The topological polar surface area (TPSA) is 124 Å². The van der Waals surface area contributed by atoms with Gasteiger partial charge in [-0.2, -0.15) is 23.4 Å². The summed E-state index contributed by atoms with van der Waals surface area (Å²) in [5, 5.41) is 2.05. The number of nitrogens with one attached hydrogen (secondary N) is 1. The first kappa shape index (κ1) is 22.4. The highest BCUT2D eigenvalue weighted by atomic mass is 32.2. The smallest absolute Gasteiger partial charge is 0.362 e. The zero-order chi connectivity index (χ0) is 20.2. The first-order valence-corrected chi connectivity index (χ1v) is 9.16. The van der Waals surface area contributed by atoms with E-state index in [4.69, 9.17) is 4.74 Å². The molecule has 2 aromatic rings. The lowest BCUT2D eigenvalue weighted by Crippen LogP contribution is -2.11. The van der Waals surface area contributed by atoms with Gasteiger partial charge in [0.1, 0.15) is 5.82 Å². The van der Waals surface area contributed by atoms with Crippen molar-refractivity contribution in [1.82, 2.24) is 15.0 Å². The normalized spacial score (nSPS) is 9.81. The van der Waals surface area contributed by atoms with E-state index in [0.717, 1.165) is 4.90 Å². The lowest BCUT2D eigenvalue weighted by molar-refractivity contribution is 0.177.